The van der Waals surface area contributed by atoms with E-state index in [0.717, 1.165) is 36.9 Å². The Balaban J connectivity index is 1.61. The molecular weight excluding hydrogens is 304 g/mol. The lowest BCUT2D eigenvalue weighted by Crippen LogP contribution is -2.47. The zero-order chi connectivity index (χ0) is 16.7. The number of carbonyl (C=O) groups is 2. The molecule has 0 radical (unpaired) electrons. The van der Waals surface area contributed by atoms with Gasteiger partial charge >= 0.3 is 6.03 Å². The van der Waals surface area contributed by atoms with E-state index in [1.807, 2.05) is 24.3 Å². The van der Waals surface area contributed by atoms with E-state index in [1.165, 1.54) is 0 Å². The van der Waals surface area contributed by atoms with Gasteiger partial charge in [-0.2, -0.15) is 5.26 Å². The summed E-state index contributed by atoms with van der Waals surface area (Å²) in [7, 11) is 0. The van der Waals surface area contributed by atoms with Crippen LogP contribution >= 0.6 is 0 Å². The molecular formula is C18H20N4O2. The number of urea groups is 1. The highest BCUT2D eigenvalue weighted by Gasteiger charge is 2.56. The number of nitriles is 1. The highest BCUT2D eigenvalue weighted by Crippen LogP contribution is 2.46. The van der Waals surface area contributed by atoms with Crippen LogP contribution in [-0.4, -0.2) is 35.5 Å². The van der Waals surface area contributed by atoms with Crippen LogP contribution in [-0.2, 0) is 10.2 Å². The first kappa shape index (κ1) is 15.0. The lowest BCUT2D eigenvalue weighted by Gasteiger charge is -2.24. The normalized spacial score (nSPS) is 28.7. The van der Waals surface area contributed by atoms with Crippen molar-refractivity contribution in [3.05, 3.63) is 29.8 Å². The summed E-state index contributed by atoms with van der Waals surface area (Å²) in [4.78, 5) is 26.9. The fourth-order valence-electron chi connectivity index (χ4n) is 4.30. The van der Waals surface area contributed by atoms with Gasteiger partial charge in [0.25, 0.3) is 0 Å². The Morgan fingerprint density at radius 3 is 2.83 bits per heavy atom. The first-order valence-electron chi connectivity index (χ1n) is 8.52. The number of hydrogen-bond donors (Lipinski definition) is 2. The van der Waals surface area contributed by atoms with Crippen LogP contribution in [0, 0.1) is 11.3 Å². The number of likely N-dealkylation sites (tertiary alicyclic amines) is 1. The third kappa shape index (κ3) is 2.15. The Bertz CT molecular complexity index is 735. The van der Waals surface area contributed by atoms with Crippen molar-refractivity contribution in [2.75, 3.05) is 11.9 Å². The largest absolute Gasteiger partial charge is 0.335 e. The third-order valence-electron chi connectivity index (χ3n) is 5.58. The van der Waals surface area contributed by atoms with Crippen molar-refractivity contribution in [2.24, 2.45) is 0 Å². The molecule has 2 fully saturated rings. The highest BCUT2D eigenvalue weighted by atomic mass is 16.2. The molecule has 2 atom stereocenters. The zero-order valence-corrected chi connectivity index (χ0v) is 13.4. The summed E-state index contributed by atoms with van der Waals surface area (Å²) in [6.07, 6.45) is 4.60. The summed E-state index contributed by atoms with van der Waals surface area (Å²) in [5, 5.41) is 15.5. The van der Waals surface area contributed by atoms with Gasteiger partial charge in [0.15, 0.2) is 0 Å². The molecule has 0 unspecified atom stereocenters. The molecule has 4 rings (SSSR count). The maximum absolute atomic E-state index is 12.7. The van der Waals surface area contributed by atoms with Crippen LogP contribution < -0.4 is 10.6 Å². The van der Waals surface area contributed by atoms with Crippen LogP contribution in [0.15, 0.2) is 24.3 Å². The van der Waals surface area contributed by atoms with Gasteiger partial charge in [-0.3, -0.25) is 4.79 Å². The van der Waals surface area contributed by atoms with E-state index in [0.29, 0.717) is 6.42 Å². The number of nitrogens with zero attached hydrogens (tertiary/aromatic N) is 2. The van der Waals surface area contributed by atoms with Crippen LogP contribution in [0.2, 0.25) is 0 Å². The van der Waals surface area contributed by atoms with Crippen molar-refractivity contribution in [1.29, 1.82) is 5.26 Å². The lowest BCUT2D eigenvalue weighted by atomic mass is 9.80. The fourth-order valence-corrected chi connectivity index (χ4v) is 4.30. The molecule has 2 aliphatic heterocycles. The molecule has 1 spiro atoms. The van der Waals surface area contributed by atoms with E-state index in [4.69, 9.17) is 0 Å². The summed E-state index contributed by atoms with van der Waals surface area (Å²) in [6.45, 7) is 0.257. The van der Waals surface area contributed by atoms with E-state index in [1.54, 1.807) is 4.90 Å². The van der Waals surface area contributed by atoms with Crippen molar-refractivity contribution in [2.45, 2.75) is 49.6 Å². The zero-order valence-electron chi connectivity index (χ0n) is 13.4. The minimum absolute atomic E-state index is 0.111. The smallest absolute Gasteiger partial charge is 0.318 e. The average Bonchev–Trinajstić information content (AvgIpc) is 3.28. The van der Waals surface area contributed by atoms with Gasteiger partial charge in [-0.15, -0.1) is 0 Å². The fraction of sp³-hybridized carbons (Fsp3) is 0.500. The van der Waals surface area contributed by atoms with E-state index >= 15 is 0 Å². The number of carbonyl (C=O) groups excluding carboxylic acids is 2. The van der Waals surface area contributed by atoms with Crippen LogP contribution in [0.3, 0.4) is 0 Å². The van der Waals surface area contributed by atoms with Crippen molar-refractivity contribution in [3.63, 3.8) is 0 Å². The number of fused-ring (bicyclic) bond motifs is 2. The maximum atomic E-state index is 12.7. The van der Waals surface area contributed by atoms with Crippen molar-refractivity contribution in [3.8, 4) is 6.07 Å². The molecule has 1 saturated heterocycles. The second-order valence-corrected chi connectivity index (χ2v) is 6.99. The van der Waals surface area contributed by atoms with Gasteiger partial charge in [0.2, 0.25) is 5.91 Å². The Morgan fingerprint density at radius 2 is 2.08 bits per heavy atom. The number of amides is 3. The summed E-state index contributed by atoms with van der Waals surface area (Å²) < 4.78 is 0. The van der Waals surface area contributed by atoms with Gasteiger partial charge in [0.05, 0.1) is 11.5 Å². The number of anilines is 1. The van der Waals surface area contributed by atoms with E-state index in [-0.39, 0.29) is 24.5 Å². The molecule has 0 aromatic heterocycles. The molecule has 6 heteroatoms. The Morgan fingerprint density at radius 1 is 1.33 bits per heavy atom. The van der Waals surface area contributed by atoms with E-state index in [9.17, 15) is 14.9 Å². The maximum Gasteiger partial charge on any atom is 0.318 e. The molecule has 124 valence electrons. The first-order valence-corrected chi connectivity index (χ1v) is 8.52. The quantitative estimate of drug-likeness (QED) is 0.830. The molecule has 2 heterocycles. The van der Waals surface area contributed by atoms with E-state index < -0.39 is 11.5 Å². The predicted octanol–water partition coefficient (Wildman–Crippen LogP) is 2.13. The van der Waals surface area contributed by atoms with Gasteiger partial charge in [-0.25, -0.2) is 4.79 Å². The number of para-hydroxylation sites is 1. The van der Waals surface area contributed by atoms with Crippen LogP contribution in [0.1, 0.15) is 37.7 Å². The Hall–Kier alpha value is -2.55. The standard InChI is InChI=1S/C18H20N4O2/c19-10-13-9-18(14-7-3-4-8-15(14)21-16(18)23)11-22(13)17(24)20-12-5-1-2-6-12/h3-4,7-8,12-13H,1-2,5-6,9,11H2,(H,20,24)(H,21,23)/t13-,18-/m0/s1. The SMILES string of the molecule is N#C[C@@H]1C[C@@]2(CN1C(=O)NC1CCCC1)C(=O)Nc1ccccc12. The molecule has 24 heavy (non-hydrogen) atoms. The summed E-state index contributed by atoms with van der Waals surface area (Å²) in [5.41, 5.74) is 0.882. The van der Waals surface area contributed by atoms with Crippen molar-refractivity contribution < 1.29 is 9.59 Å². The number of benzene rings is 1. The van der Waals surface area contributed by atoms with E-state index in [2.05, 4.69) is 16.7 Å². The molecule has 6 nitrogen and oxygen atoms in total. The van der Waals surface area contributed by atoms with Gasteiger partial charge in [0, 0.05) is 24.7 Å². The molecule has 1 aromatic rings. The van der Waals surface area contributed by atoms with Crippen LogP contribution in [0.5, 0.6) is 0 Å². The minimum Gasteiger partial charge on any atom is -0.335 e. The average molecular weight is 324 g/mol. The molecule has 0 bridgehead atoms. The third-order valence-corrected chi connectivity index (χ3v) is 5.58. The second-order valence-electron chi connectivity index (χ2n) is 6.99. The van der Waals surface area contributed by atoms with Gasteiger partial charge in [-0.05, 0) is 24.5 Å². The first-order chi connectivity index (χ1) is 11.6. The summed E-state index contributed by atoms with van der Waals surface area (Å²) in [5.74, 6) is -0.111. The summed E-state index contributed by atoms with van der Waals surface area (Å²) in [6, 6.07) is 9.15. The molecule has 3 aliphatic rings. The molecule has 1 saturated carbocycles. The Kier molecular flexibility index (Phi) is 3.45. The number of hydrogen-bond acceptors (Lipinski definition) is 3. The lowest BCUT2D eigenvalue weighted by molar-refractivity contribution is -0.120. The summed E-state index contributed by atoms with van der Waals surface area (Å²) >= 11 is 0. The second kappa shape index (κ2) is 5.52. The predicted molar refractivity (Wildman–Crippen MR) is 88.3 cm³/mol. The van der Waals surface area contributed by atoms with Gasteiger partial charge in [0.1, 0.15) is 6.04 Å². The number of rotatable bonds is 1. The van der Waals surface area contributed by atoms with Crippen molar-refractivity contribution in [1.82, 2.24) is 10.2 Å². The van der Waals surface area contributed by atoms with Gasteiger partial charge < -0.3 is 15.5 Å². The topological polar surface area (TPSA) is 85.2 Å². The highest BCUT2D eigenvalue weighted by molar-refractivity contribution is 6.07. The Labute approximate surface area is 140 Å². The monoisotopic (exact) mass is 324 g/mol. The number of nitrogens with one attached hydrogen (secondary N) is 2. The van der Waals surface area contributed by atoms with Crippen molar-refractivity contribution >= 4 is 17.6 Å². The van der Waals surface area contributed by atoms with Crippen LogP contribution in [0.4, 0.5) is 10.5 Å². The minimum atomic E-state index is -0.802. The molecule has 2 N–H and O–H groups in total. The molecule has 1 aliphatic carbocycles. The van der Waals surface area contributed by atoms with Crippen LogP contribution in [0.25, 0.3) is 0 Å². The van der Waals surface area contributed by atoms with Gasteiger partial charge in [-0.1, -0.05) is 31.0 Å². The molecule has 1 aromatic carbocycles. The molecule has 3 amide bonds.